The minimum atomic E-state index is -0.384. The van der Waals surface area contributed by atoms with Gasteiger partial charge in [-0.05, 0) is 26.8 Å². The molecule has 0 spiro atoms. The van der Waals surface area contributed by atoms with Crippen molar-refractivity contribution in [3.8, 4) is 0 Å². The van der Waals surface area contributed by atoms with Crippen LogP contribution in [0, 0.1) is 0 Å². The molecule has 11 heavy (non-hydrogen) atoms. The van der Waals surface area contributed by atoms with Gasteiger partial charge in [0.05, 0.1) is 6.10 Å². The molecule has 0 aromatic carbocycles. The predicted molar refractivity (Wildman–Crippen MR) is 44.1 cm³/mol. The van der Waals surface area contributed by atoms with Crippen molar-refractivity contribution in [2.24, 2.45) is 0 Å². The summed E-state index contributed by atoms with van der Waals surface area (Å²) in [5.74, 6) is 0.0144. The standard InChI is InChI=1S/C8H15NO2/c1-6(4-7(2)10)9-5-8(3)11/h4,8-9,11H,5H2,1-3H3/b6-4-. The molecular formula is C8H15NO2. The summed E-state index contributed by atoms with van der Waals surface area (Å²) in [5.41, 5.74) is 0.790. The minimum Gasteiger partial charge on any atom is -0.392 e. The van der Waals surface area contributed by atoms with E-state index in [2.05, 4.69) is 5.32 Å². The van der Waals surface area contributed by atoms with E-state index in [-0.39, 0.29) is 11.9 Å². The number of nitrogens with one attached hydrogen (secondary N) is 1. The largest absolute Gasteiger partial charge is 0.392 e. The van der Waals surface area contributed by atoms with Gasteiger partial charge < -0.3 is 10.4 Å². The highest BCUT2D eigenvalue weighted by molar-refractivity contribution is 5.87. The topological polar surface area (TPSA) is 49.3 Å². The van der Waals surface area contributed by atoms with Gasteiger partial charge in [0.2, 0.25) is 0 Å². The molecular weight excluding hydrogens is 142 g/mol. The molecule has 2 N–H and O–H groups in total. The Morgan fingerprint density at radius 2 is 2.18 bits per heavy atom. The zero-order chi connectivity index (χ0) is 8.85. The molecule has 1 unspecified atom stereocenters. The van der Waals surface area contributed by atoms with Crippen LogP contribution < -0.4 is 5.32 Å². The van der Waals surface area contributed by atoms with Crippen LogP contribution >= 0.6 is 0 Å². The van der Waals surface area contributed by atoms with Crippen molar-refractivity contribution in [2.75, 3.05) is 6.54 Å². The highest BCUT2D eigenvalue weighted by Crippen LogP contribution is 1.87. The second-order valence-electron chi connectivity index (χ2n) is 2.67. The highest BCUT2D eigenvalue weighted by atomic mass is 16.3. The number of ketones is 1. The number of rotatable bonds is 4. The smallest absolute Gasteiger partial charge is 0.154 e. The summed E-state index contributed by atoms with van der Waals surface area (Å²) < 4.78 is 0. The summed E-state index contributed by atoms with van der Waals surface area (Å²) in [7, 11) is 0. The third-order valence-electron chi connectivity index (χ3n) is 1.10. The molecule has 0 aliphatic rings. The molecule has 1 atom stereocenters. The van der Waals surface area contributed by atoms with Crippen molar-refractivity contribution in [1.29, 1.82) is 0 Å². The van der Waals surface area contributed by atoms with E-state index >= 15 is 0 Å². The van der Waals surface area contributed by atoms with Crippen LogP contribution in [-0.4, -0.2) is 23.5 Å². The van der Waals surface area contributed by atoms with Crippen LogP contribution in [0.4, 0.5) is 0 Å². The van der Waals surface area contributed by atoms with E-state index in [1.807, 2.05) is 0 Å². The van der Waals surface area contributed by atoms with Crippen LogP contribution in [0.5, 0.6) is 0 Å². The van der Waals surface area contributed by atoms with Crippen LogP contribution in [0.25, 0.3) is 0 Å². The maximum atomic E-state index is 10.5. The number of aliphatic hydroxyl groups is 1. The lowest BCUT2D eigenvalue weighted by atomic mass is 10.3. The highest BCUT2D eigenvalue weighted by Gasteiger charge is 1.94. The van der Waals surface area contributed by atoms with Gasteiger partial charge in [0.25, 0.3) is 0 Å². The summed E-state index contributed by atoms with van der Waals surface area (Å²) in [5, 5.41) is 11.8. The first-order chi connectivity index (χ1) is 5.02. The van der Waals surface area contributed by atoms with Gasteiger partial charge >= 0.3 is 0 Å². The molecule has 3 nitrogen and oxygen atoms in total. The Labute approximate surface area is 67.1 Å². The number of carbonyl (C=O) groups is 1. The molecule has 0 rings (SSSR count). The average Bonchev–Trinajstić information content (AvgIpc) is 1.82. The first-order valence-corrected chi connectivity index (χ1v) is 3.63. The van der Waals surface area contributed by atoms with Crippen molar-refractivity contribution >= 4 is 5.78 Å². The van der Waals surface area contributed by atoms with Gasteiger partial charge in [-0.2, -0.15) is 0 Å². The van der Waals surface area contributed by atoms with E-state index in [1.165, 1.54) is 13.0 Å². The molecule has 0 aliphatic carbocycles. The Morgan fingerprint density at radius 1 is 1.64 bits per heavy atom. The monoisotopic (exact) mass is 157 g/mol. The second-order valence-corrected chi connectivity index (χ2v) is 2.67. The van der Waals surface area contributed by atoms with Crippen LogP contribution in [0.3, 0.4) is 0 Å². The lowest BCUT2D eigenvalue weighted by Crippen LogP contribution is -2.23. The van der Waals surface area contributed by atoms with E-state index in [1.54, 1.807) is 13.8 Å². The van der Waals surface area contributed by atoms with Gasteiger partial charge in [-0.3, -0.25) is 4.79 Å². The summed E-state index contributed by atoms with van der Waals surface area (Å²) in [6.45, 7) is 5.46. The molecule has 0 saturated heterocycles. The summed E-state index contributed by atoms with van der Waals surface area (Å²) in [6, 6.07) is 0. The van der Waals surface area contributed by atoms with Crippen LogP contribution in [0.1, 0.15) is 20.8 Å². The third-order valence-corrected chi connectivity index (χ3v) is 1.10. The van der Waals surface area contributed by atoms with Crippen molar-refractivity contribution in [3.05, 3.63) is 11.8 Å². The number of hydrogen-bond donors (Lipinski definition) is 2. The number of hydrogen-bond acceptors (Lipinski definition) is 3. The quantitative estimate of drug-likeness (QED) is 0.582. The molecule has 0 aromatic rings. The molecule has 0 fully saturated rings. The van der Waals surface area contributed by atoms with Gasteiger partial charge in [0.15, 0.2) is 5.78 Å². The van der Waals surface area contributed by atoms with Gasteiger partial charge in [0.1, 0.15) is 0 Å². The Hall–Kier alpha value is -0.830. The molecule has 0 amide bonds. The van der Waals surface area contributed by atoms with Gasteiger partial charge in [-0.1, -0.05) is 0 Å². The summed E-state index contributed by atoms with van der Waals surface area (Å²) in [6.07, 6.45) is 1.12. The maximum absolute atomic E-state index is 10.5. The molecule has 0 aromatic heterocycles. The van der Waals surface area contributed by atoms with Crippen molar-refractivity contribution < 1.29 is 9.90 Å². The summed E-state index contributed by atoms with van der Waals surface area (Å²) in [4.78, 5) is 10.5. The third kappa shape index (κ3) is 7.06. The summed E-state index contributed by atoms with van der Waals surface area (Å²) >= 11 is 0. The van der Waals surface area contributed by atoms with Crippen LogP contribution in [-0.2, 0) is 4.79 Å². The number of aliphatic hydroxyl groups excluding tert-OH is 1. The number of carbonyl (C=O) groups excluding carboxylic acids is 1. The SMILES string of the molecule is CC(=O)/C=C(/C)NCC(C)O. The molecule has 0 aliphatic heterocycles. The Morgan fingerprint density at radius 3 is 2.55 bits per heavy atom. The van der Waals surface area contributed by atoms with Gasteiger partial charge in [0, 0.05) is 12.2 Å². The van der Waals surface area contributed by atoms with Crippen molar-refractivity contribution in [2.45, 2.75) is 26.9 Å². The van der Waals surface area contributed by atoms with E-state index in [9.17, 15) is 4.79 Å². The van der Waals surface area contributed by atoms with Gasteiger partial charge in [-0.15, -0.1) is 0 Å². The first kappa shape index (κ1) is 10.2. The second kappa shape index (κ2) is 4.91. The lowest BCUT2D eigenvalue weighted by molar-refractivity contribution is -0.112. The van der Waals surface area contributed by atoms with Crippen LogP contribution in [0.15, 0.2) is 11.8 Å². The van der Waals surface area contributed by atoms with E-state index in [0.717, 1.165) is 5.70 Å². The molecule has 0 saturated carbocycles. The molecule has 0 bridgehead atoms. The fourth-order valence-corrected chi connectivity index (χ4v) is 0.665. The average molecular weight is 157 g/mol. The normalized spacial score (nSPS) is 14.4. The molecule has 0 heterocycles. The lowest BCUT2D eigenvalue weighted by Gasteiger charge is -2.07. The maximum Gasteiger partial charge on any atom is 0.154 e. The Bertz CT molecular complexity index is 161. The molecule has 0 radical (unpaired) electrons. The Balaban J connectivity index is 3.68. The fourth-order valence-electron chi connectivity index (χ4n) is 0.665. The van der Waals surface area contributed by atoms with Crippen molar-refractivity contribution in [3.63, 3.8) is 0 Å². The van der Waals surface area contributed by atoms with Gasteiger partial charge in [-0.25, -0.2) is 0 Å². The predicted octanol–water partition coefficient (Wildman–Crippen LogP) is 0.450. The molecule has 3 heteroatoms. The van der Waals surface area contributed by atoms with E-state index in [0.29, 0.717) is 6.54 Å². The molecule has 64 valence electrons. The zero-order valence-corrected chi connectivity index (χ0v) is 7.22. The van der Waals surface area contributed by atoms with Crippen LogP contribution in [0.2, 0.25) is 0 Å². The van der Waals surface area contributed by atoms with E-state index in [4.69, 9.17) is 5.11 Å². The Kier molecular flexibility index (Phi) is 4.54. The first-order valence-electron chi connectivity index (χ1n) is 3.63. The number of allylic oxidation sites excluding steroid dienone is 2. The zero-order valence-electron chi connectivity index (χ0n) is 7.22. The van der Waals surface area contributed by atoms with Crippen molar-refractivity contribution in [1.82, 2.24) is 5.32 Å². The minimum absolute atomic E-state index is 0.0144. The fraction of sp³-hybridized carbons (Fsp3) is 0.625. The van der Waals surface area contributed by atoms with E-state index < -0.39 is 0 Å².